The van der Waals surface area contributed by atoms with E-state index >= 15 is 0 Å². The van der Waals surface area contributed by atoms with Gasteiger partial charge < -0.3 is 9.80 Å². The highest BCUT2D eigenvalue weighted by Gasteiger charge is 2.24. The quantitative estimate of drug-likeness (QED) is 0.0977. The average molecular weight is 505 g/mol. The molecule has 0 saturated carbocycles. The van der Waals surface area contributed by atoms with Gasteiger partial charge in [0.2, 0.25) is 0 Å². The van der Waals surface area contributed by atoms with Gasteiger partial charge in [-0.3, -0.25) is 0 Å². The first-order valence-corrected chi connectivity index (χ1v) is 17.0. The summed E-state index contributed by atoms with van der Waals surface area (Å²) in [5.74, 6) is 0. The van der Waals surface area contributed by atoms with Gasteiger partial charge in [-0.2, -0.15) is 0 Å². The first-order valence-electron chi connectivity index (χ1n) is 17.0. The molecule has 0 N–H and O–H groups in total. The molecule has 2 heteroatoms. The van der Waals surface area contributed by atoms with Crippen molar-refractivity contribution in [3.05, 3.63) is 12.4 Å². The molecule has 0 amide bonds. The molecule has 0 aromatic rings. The molecule has 0 bridgehead atoms. The molecule has 0 fully saturated rings. The lowest BCUT2D eigenvalue weighted by molar-refractivity contribution is 0.135. The van der Waals surface area contributed by atoms with Crippen LogP contribution >= 0.6 is 0 Å². The third-order valence-electron chi connectivity index (χ3n) is 8.32. The molecule has 1 aliphatic heterocycles. The van der Waals surface area contributed by atoms with Gasteiger partial charge in [0.05, 0.1) is 0 Å². The first-order chi connectivity index (χ1) is 17.8. The van der Waals surface area contributed by atoms with Gasteiger partial charge in [-0.15, -0.1) is 0 Å². The average Bonchev–Trinajstić information content (AvgIpc) is 3.27. The van der Waals surface area contributed by atoms with E-state index in [2.05, 4.69) is 43.0 Å². The summed E-state index contributed by atoms with van der Waals surface area (Å²) in [6.45, 7) is 9.47. The minimum absolute atomic E-state index is 0.643. The highest BCUT2D eigenvalue weighted by molar-refractivity contribution is 4.97. The Morgan fingerprint density at radius 2 is 0.639 bits per heavy atom. The fourth-order valence-corrected chi connectivity index (χ4v) is 5.83. The Morgan fingerprint density at radius 3 is 0.972 bits per heavy atom. The second-order valence-electron chi connectivity index (χ2n) is 11.8. The lowest BCUT2D eigenvalue weighted by Gasteiger charge is -2.33. The van der Waals surface area contributed by atoms with Crippen LogP contribution in [0.1, 0.15) is 188 Å². The normalized spacial score (nSPS) is 15.5. The monoisotopic (exact) mass is 505 g/mol. The van der Waals surface area contributed by atoms with E-state index in [1.807, 2.05) is 0 Å². The van der Waals surface area contributed by atoms with E-state index in [4.69, 9.17) is 0 Å². The predicted molar refractivity (Wildman–Crippen MR) is 163 cm³/mol. The van der Waals surface area contributed by atoms with E-state index in [0.717, 1.165) is 0 Å². The van der Waals surface area contributed by atoms with Crippen molar-refractivity contribution < 1.29 is 0 Å². The molecule has 0 spiro atoms. The van der Waals surface area contributed by atoms with Crippen LogP contribution in [0.15, 0.2) is 12.4 Å². The van der Waals surface area contributed by atoms with Crippen molar-refractivity contribution in [1.29, 1.82) is 0 Å². The minimum atomic E-state index is 0.643. The Labute approximate surface area is 229 Å². The van der Waals surface area contributed by atoms with Crippen molar-refractivity contribution in [3.8, 4) is 0 Å². The molecule has 214 valence electrons. The Balaban J connectivity index is 2.11. The highest BCUT2D eigenvalue weighted by Crippen LogP contribution is 2.23. The molecule has 1 rings (SSSR count). The number of hydrogen-bond acceptors (Lipinski definition) is 2. The van der Waals surface area contributed by atoms with Crippen LogP contribution in [0, 0.1) is 0 Å². The SMILES string of the molecule is CCCCCCCCCCCCCCCCN1C=CN(CCCCCCCCC)C1CCCCCC. The molecule has 2 nitrogen and oxygen atoms in total. The fraction of sp³-hybridized carbons (Fsp3) is 0.941. The first kappa shape index (κ1) is 33.4. The third kappa shape index (κ3) is 18.6. The van der Waals surface area contributed by atoms with Crippen molar-refractivity contribution >= 4 is 0 Å². The van der Waals surface area contributed by atoms with E-state index in [-0.39, 0.29) is 0 Å². The summed E-state index contributed by atoms with van der Waals surface area (Å²) in [5.41, 5.74) is 0. The van der Waals surface area contributed by atoms with Crippen LogP contribution in [0.2, 0.25) is 0 Å². The lowest BCUT2D eigenvalue weighted by Crippen LogP contribution is -2.39. The largest absolute Gasteiger partial charge is 0.356 e. The molecule has 1 heterocycles. The minimum Gasteiger partial charge on any atom is -0.356 e. The zero-order valence-corrected chi connectivity index (χ0v) is 25.4. The molecule has 0 aromatic carbocycles. The number of nitrogens with zero attached hydrogens (tertiary/aromatic N) is 2. The van der Waals surface area contributed by atoms with E-state index in [1.165, 1.54) is 180 Å². The number of rotatable bonds is 28. The second-order valence-corrected chi connectivity index (χ2v) is 11.8. The van der Waals surface area contributed by atoms with Crippen LogP contribution in [-0.4, -0.2) is 29.1 Å². The Morgan fingerprint density at radius 1 is 0.361 bits per heavy atom. The Kier molecular flexibility index (Phi) is 24.1. The van der Waals surface area contributed by atoms with Crippen molar-refractivity contribution in [3.63, 3.8) is 0 Å². The lowest BCUT2D eigenvalue weighted by atomic mass is 10.0. The van der Waals surface area contributed by atoms with Crippen LogP contribution in [0.5, 0.6) is 0 Å². The van der Waals surface area contributed by atoms with Crippen molar-refractivity contribution in [1.82, 2.24) is 9.80 Å². The van der Waals surface area contributed by atoms with E-state index in [9.17, 15) is 0 Å². The molecule has 0 aromatic heterocycles. The summed E-state index contributed by atoms with van der Waals surface area (Å²) in [4.78, 5) is 5.37. The molecule has 0 aliphatic carbocycles. The molecule has 1 aliphatic rings. The zero-order chi connectivity index (χ0) is 25.9. The van der Waals surface area contributed by atoms with E-state index in [1.54, 1.807) is 0 Å². The van der Waals surface area contributed by atoms with Gasteiger partial charge in [0.1, 0.15) is 6.17 Å². The molecule has 0 radical (unpaired) electrons. The molecular weight excluding hydrogens is 436 g/mol. The Bertz CT molecular complexity index is 460. The summed E-state index contributed by atoms with van der Waals surface area (Å²) >= 11 is 0. The zero-order valence-electron chi connectivity index (χ0n) is 25.4. The van der Waals surface area contributed by atoms with Gasteiger partial charge in [-0.25, -0.2) is 0 Å². The van der Waals surface area contributed by atoms with Crippen LogP contribution in [-0.2, 0) is 0 Å². The highest BCUT2D eigenvalue weighted by atomic mass is 15.4. The topological polar surface area (TPSA) is 6.48 Å². The van der Waals surface area contributed by atoms with Gasteiger partial charge in [0.25, 0.3) is 0 Å². The molecule has 0 saturated heterocycles. The van der Waals surface area contributed by atoms with Crippen molar-refractivity contribution in [2.75, 3.05) is 13.1 Å². The van der Waals surface area contributed by atoms with Gasteiger partial charge >= 0.3 is 0 Å². The summed E-state index contributed by atoms with van der Waals surface area (Å²) in [7, 11) is 0. The van der Waals surface area contributed by atoms with Crippen molar-refractivity contribution in [2.24, 2.45) is 0 Å². The summed E-state index contributed by atoms with van der Waals surface area (Å²) < 4.78 is 0. The van der Waals surface area contributed by atoms with Crippen LogP contribution < -0.4 is 0 Å². The van der Waals surface area contributed by atoms with Gasteiger partial charge in [-0.1, -0.05) is 162 Å². The van der Waals surface area contributed by atoms with Gasteiger partial charge in [-0.05, 0) is 25.7 Å². The molecular formula is C34H68N2. The van der Waals surface area contributed by atoms with Crippen molar-refractivity contribution in [2.45, 2.75) is 194 Å². The second kappa shape index (κ2) is 26.0. The van der Waals surface area contributed by atoms with Crippen LogP contribution in [0.25, 0.3) is 0 Å². The standard InChI is InChI=1S/C34H68N2/c1-4-7-10-13-15-16-17-18-19-20-21-23-25-28-31-36-33-32-35(34(36)29-26-12-9-6-3)30-27-24-22-14-11-8-5-2/h32-34H,4-31H2,1-3H3. The number of hydrogen-bond donors (Lipinski definition) is 0. The van der Waals surface area contributed by atoms with E-state index < -0.39 is 0 Å². The molecule has 1 unspecified atom stereocenters. The third-order valence-corrected chi connectivity index (χ3v) is 8.32. The number of unbranched alkanes of at least 4 members (excludes halogenated alkanes) is 22. The summed E-state index contributed by atoms with van der Waals surface area (Å²) in [6.07, 6.45) is 42.5. The molecule has 36 heavy (non-hydrogen) atoms. The molecule has 1 atom stereocenters. The smallest absolute Gasteiger partial charge is 0.101 e. The fourth-order valence-electron chi connectivity index (χ4n) is 5.83. The summed E-state index contributed by atoms with van der Waals surface area (Å²) in [5, 5.41) is 0. The van der Waals surface area contributed by atoms with Crippen LogP contribution in [0.4, 0.5) is 0 Å². The van der Waals surface area contributed by atoms with E-state index in [0.29, 0.717) is 6.17 Å². The Hall–Kier alpha value is -0.660. The van der Waals surface area contributed by atoms with Gasteiger partial charge in [0, 0.05) is 25.5 Å². The maximum Gasteiger partial charge on any atom is 0.101 e. The maximum absolute atomic E-state index is 2.69. The maximum atomic E-state index is 2.69. The summed E-state index contributed by atoms with van der Waals surface area (Å²) in [6, 6.07) is 0. The van der Waals surface area contributed by atoms with Crippen LogP contribution in [0.3, 0.4) is 0 Å². The predicted octanol–water partition coefficient (Wildman–Crippen LogP) is 11.6. The van der Waals surface area contributed by atoms with Gasteiger partial charge in [0.15, 0.2) is 0 Å².